The summed E-state index contributed by atoms with van der Waals surface area (Å²) >= 11 is 0. The van der Waals surface area contributed by atoms with Gasteiger partial charge in [-0.1, -0.05) is 20.3 Å². The topological polar surface area (TPSA) is 55.1 Å². The highest BCUT2D eigenvalue weighted by molar-refractivity contribution is 5.79. The van der Waals surface area contributed by atoms with Crippen LogP contribution in [0.2, 0.25) is 0 Å². The Morgan fingerprint density at radius 3 is 2.64 bits per heavy atom. The van der Waals surface area contributed by atoms with Gasteiger partial charge in [0.05, 0.1) is 6.04 Å². The molecule has 1 aliphatic rings. The van der Waals surface area contributed by atoms with Gasteiger partial charge in [-0.3, -0.25) is 4.79 Å². The van der Waals surface area contributed by atoms with Crippen molar-refractivity contribution in [3.05, 3.63) is 0 Å². The number of hydrogen-bond donors (Lipinski definition) is 2. The molecule has 1 rings (SSSR count). The van der Waals surface area contributed by atoms with E-state index < -0.39 is 0 Å². The summed E-state index contributed by atoms with van der Waals surface area (Å²) in [6.45, 7) is 6.35. The Hall–Kier alpha value is -0.570. The van der Waals surface area contributed by atoms with Crippen molar-refractivity contribution in [2.45, 2.75) is 52.1 Å². The smallest absolute Gasteiger partial charge is 0.234 e. The molecule has 0 aliphatic heterocycles. The Kier molecular flexibility index (Phi) is 3.93. The number of carbonyl (C=O) groups is 1. The van der Waals surface area contributed by atoms with Crippen molar-refractivity contribution in [2.24, 2.45) is 17.6 Å². The first-order valence-corrected chi connectivity index (χ1v) is 5.61. The minimum Gasteiger partial charge on any atom is -0.368 e. The average molecular weight is 198 g/mol. The predicted molar refractivity (Wildman–Crippen MR) is 57.8 cm³/mol. The van der Waals surface area contributed by atoms with Gasteiger partial charge in [0.25, 0.3) is 0 Å². The molecule has 0 bridgehead atoms. The van der Waals surface area contributed by atoms with E-state index in [1.807, 2.05) is 6.92 Å². The molecule has 3 nitrogen and oxygen atoms in total. The van der Waals surface area contributed by atoms with E-state index in [1.165, 1.54) is 19.3 Å². The SMILES string of the molecule is CCC1CCC(NC(C)C(N)=O)C1C. The summed E-state index contributed by atoms with van der Waals surface area (Å²) in [5.41, 5.74) is 5.23. The quantitative estimate of drug-likeness (QED) is 0.715. The van der Waals surface area contributed by atoms with Gasteiger partial charge < -0.3 is 11.1 Å². The molecular weight excluding hydrogens is 176 g/mol. The van der Waals surface area contributed by atoms with Crippen LogP contribution in [0.4, 0.5) is 0 Å². The molecular formula is C11H22N2O. The van der Waals surface area contributed by atoms with E-state index in [0.29, 0.717) is 12.0 Å². The largest absolute Gasteiger partial charge is 0.368 e. The molecule has 3 heteroatoms. The summed E-state index contributed by atoms with van der Waals surface area (Å²) in [4.78, 5) is 10.9. The number of rotatable bonds is 4. The molecule has 0 heterocycles. The molecule has 0 aromatic rings. The van der Waals surface area contributed by atoms with Crippen molar-refractivity contribution >= 4 is 5.91 Å². The lowest BCUT2D eigenvalue weighted by atomic mass is 9.93. The third-order valence-electron chi connectivity index (χ3n) is 3.64. The number of amides is 1. The highest BCUT2D eigenvalue weighted by Gasteiger charge is 2.32. The van der Waals surface area contributed by atoms with E-state index in [0.717, 1.165) is 5.92 Å². The normalized spacial score (nSPS) is 34.4. The summed E-state index contributed by atoms with van der Waals surface area (Å²) in [6.07, 6.45) is 3.70. The lowest BCUT2D eigenvalue weighted by molar-refractivity contribution is -0.119. The number of nitrogens with one attached hydrogen (secondary N) is 1. The number of hydrogen-bond acceptors (Lipinski definition) is 2. The molecule has 0 aromatic heterocycles. The Bertz CT molecular complexity index is 205. The van der Waals surface area contributed by atoms with Gasteiger partial charge >= 0.3 is 0 Å². The maximum absolute atomic E-state index is 10.9. The maximum Gasteiger partial charge on any atom is 0.234 e. The third kappa shape index (κ3) is 2.47. The summed E-state index contributed by atoms with van der Waals surface area (Å²) in [5, 5.41) is 3.32. The number of primary amides is 1. The molecule has 3 N–H and O–H groups in total. The Labute approximate surface area is 86.4 Å². The predicted octanol–water partition coefficient (Wildman–Crippen LogP) is 1.27. The standard InChI is InChI=1S/C11H22N2O/c1-4-9-5-6-10(7(9)2)13-8(3)11(12)14/h7-10,13H,4-6H2,1-3H3,(H2,12,14). The maximum atomic E-state index is 10.9. The third-order valence-corrected chi connectivity index (χ3v) is 3.64. The van der Waals surface area contributed by atoms with Crippen LogP contribution in [0, 0.1) is 11.8 Å². The second-order valence-electron chi connectivity index (χ2n) is 4.50. The van der Waals surface area contributed by atoms with Crippen LogP contribution in [0.25, 0.3) is 0 Å². The van der Waals surface area contributed by atoms with Crippen molar-refractivity contribution in [1.82, 2.24) is 5.32 Å². The molecule has 0 radical (unpaired) electrons. The zero-order valence-electron chi connectivity index (χ0n) is 9.42. The fourth-order valence-corrected chi connectivity index (χ4v) is 2.46. The molecule has 0 spiro atoms. The van der Waals surface area contributed by atoms with Crippen LogP contribution in [0.15, 0.2) is 0 Å². The van der Waals surface area contributed by atoms with Gasteiger partial charge in [0.1, 0.15) is 0 Å². The molecule has 14 heavy (non-hydrogen) atoms. The lowest BCUT2D eigenvalue weighted by Gasteiger charge is -2.23. The van der Waals surface area contributed by atoms with E-state index in [-0.39, 0.29) is 11.9 Å². The highest BCUT2D eigenvalue weighted by Crippen LogP contribution is 2.33. The van der Waals surface area contributed by atoms with E-state index in [2.05, 4.69) is 19.2 Å². The number of nitrogens with two attached hydrogens (primary N) is 1. The monoisotopic (exact) mass is 198 g/mol. The average Bonchev–Trinajstić information content (AvgIpc) is 2.47. The minimum atomic E-state index is -0.253. The number of carbonyl (C=O) groups excluding carboxylic acids is 1. The molecule has 1 aliphatic carbocycles. The Morgan fingerprint density at radius 2 is 2.21 bits per heavy atom. The molecule has 0 saturated heterocycles. The van der Waals surface area contributed by atoms with Gasteiger partial charge in [-0.25, -0.2) is 0 Å². The first-order valence-electron chi connectivity index (χ1n) is 5.61. The van der Waals surface area contributed by atoms with Crippen molar-refractivity contribution < 1.29 is 4.79 Å². The van der Waals surface area contributed by atoms with Crippen LogP contribution in [0.5, 0.6) is 0 Å². The van der Waals surface area contributed by atoms with Crippen LogP contribution in [0.1, 0.15) is 40.0 Å². The van der Waals surface area contributed by atoms with Crippen molar-refractivity contribution in [3.63, 3.8) is 0 Å². The molecule has 4 atom stereocenters. The molecule has 0 aromatic carbocycles. The van der Waals surface area contributed by atoms with E-state index in [1.54, 1.807) is 0 Å². The first kappa shape index (κ1) is 11.5. The van der Waals surface area contributed by atoms with Crippen LogP contribution in [-0.4, -0.2) is 18.0 Å². The lowest BCUT2D eigenvalue weighted by Crippen LogP contribution is -2.45. The Morgan fingerprint density at radius 1 is 1.57 bits per heavy atom. The van der Waals surface area contributed by atoms with Crippen molar-refractivity contribution in [1.29, 1.82) is 0 Å². The van der Waals surface area contributed by atoms with Gasteiger partial charge in [0.15, 0.2) is 0 Å². The molecule has 1 amide bonds. The van der Waals surface area contributed by atoms with Gasteiger partial charge in [0.2, 0.25) is 5.91 Å². The van der Waals surface area contributed by atoms with Crippen LogP contribution < -0.4 is 11.1 Å². The molecule has 4 unspecified atom stereocenters. The van der Waals surface area contributed by atoms with Gasteiger partial charge in [-0.05, 0) is 31.6 Å². The molecule has 1 saturated carbocycles. The van der Waals surface area contributed by atoms with Crippen LogP contribution in [-0.2, 0) is 4.79 Å². The molecule has 82 valence electrons. The summed E-state index contributed by atoms with van der Waals surface area (Å²) in [5.74, 6) is 1.23. The highest BCUT2D eigenvalue weighted by atomic mass is 16.1. The van der Waals surface area contributed by atoms with E-state index in [9.17, 15) is 4.79 Å². The van der Waals surface area contributed by atoms with Crippen molar-refractivity contribution in [2.75, 3.05) is 0 Å². The second-order valence-corrected chi connectivity index (χ2v) is 4.50. The van der Waals surface area contributed by atoms with Gasteiger partial charge in [-0.15, -0.1) is 0 Å². The summed E-state index contributed by atoms with van der Waals surface area (Å²) < 4.78 is 0. The van der Waals surface area contributed by atoms with E-state index >= 15 is 0 Å². The second kappa shape index (κ2) is 4.78. The van der Waals surface area contributed by atoms with Gasteiger partial charge in [-0.2, -0.15) is 0 Å². The first-order chi connectivity index (χ1) is 6.56. The zero-order valence-corrected chi connectivity index (χ0v) is 9.42. The fourth-order valence-electron chi connectivity index (χ4n) is 2.46. The van der Waals surface area contributed by atoms with E-state index in [4.69, 9.17) is 5.73 Å². The Balaban J connectivity index is 2.43. The summed E-state index contributed by atoms with van der Waals surface area (Å²) in [6, 6.07) is 0.278. The van der Waals surface area contributed by atoms with Crippen LogP contribution in [0.3, 0.4) is 0 Å². The molecule has 1 fully saturated rings. The minimum absolute atomic E-state index is 0.196. The zero-order chi connectivity index (χ0) is 10.7. The van der Waals surface area contributed by atoms with Gasteiger partial charge in [0, 0.05) is 6.04 Å². The van der Waals surface area contributed by atoms with Crippen molar-refractivity contribution in [3.8, 4) is 0 Å². The fraction of sp³-hybridized carbons (Fsp3) is 0.909. The van der Waals surface area contributed by atoms with Crippen LogP contribution >= 0.6 is 0 Å². The summed E-state index contributed by atoms with van der Waals surface area (Å²) in [7, 11) is 0.